The molecule has 446 valence electrons. The zero-order chi connectivity index (χ0) is 60.7. The first kappa shape index (κ1) is 72.3. The smallest absolute Gasteiger partial charge is 0.269 e. The number of amidine groups is 1. The molecule has 1 heterocycles. The first-order valence-corrected chi connectivity index (χ1v) is 26.3. The fourth-order valence-corrected chi connectivity index (χ4v) is 7.14. The number of hydrogen-bond acceptors (Lipinski definition) is 18. The number of aliphatic hydroxyl groups is 1. The average molecular weight is 1180 g/mol. The number of aliphatic hydroxyl groups excluding tert-OH is 1. The van der Waals surface area contributed by atoms with E-state index >= 15 is 0 Å². The number of hydrazine groups is 1. The van der Waals surface area contributed by atoms with Crippen LogP contribution >= 0.6 is 23.2 Å². The Morgan fingerprint density at radius 1 is 0.793 bits per heavy atom. The zero-order valence-corrected chi connectivity index (χ0v) is 48.1. The highest BCUT2D eigenvalue weighted by molar-refractivity contribution is 6.44. The second-order valence-electron chi connectivity index (χ2n) is 18.8. The summed E-state index contributed by atoms with van der Waals surface area (Å²) in [4.78, 5) is 50.2. The van der Waals surface area contributed by atoms with Crippen LogP contribution in [0.25, 0.3) is 0 Å². The molecule has 1 unspecified atom stereocenters. The molecule has 0 bridgehead atoms. The summed E-state index contributed by atoms with van der Waals surface area (Å²) in [5, 5.41) is 75.0. The number of rotatable bonds is 21. The summed E-state index contributed by atoms with van der Waals surface area (Å²) in [5.41, 5.74) is 18.8. The van der Waals surface area contributed by atoms with Gasteiger partial charge in [0.1, 0.15) is 11.5 Å². The molecule has 23 heteroatoms. The topological polar surface area (TPSA) is 365 Å². The van der Waals surface area contributed by atoms with Crippen molar-refractivity contribution in [1.29, 1.82) is 0 Å². The van der Waals surface area contributed by atoms with Crippen LogP contribution in [0.1, 0.15) is 87.1 Å². The summed E-state index contributed by atoms with van der Waals surface area (Å²) in [6.45, 7) is 12.5. The largest absolute Gasteiger partial charge is 0.504 e. The van der Waals surface area contributed by atoms with Crippen molar-refractivity contribution in [2.24, 2.45) is 32.5 Å². The van der Waals surface area contributed by atoms with Gasteiger partial charge in [-0.25, -0.2) is 5.43 Å². The van der Waals surface area contributed by atoms with E-state index in [1.54, 1.807) is 38.1 Å². The van der Waals surface area contributed by atoms with Crippen LogP contribution in [-0.2, 0) is 40.2 Å². The van der Waals surface area contributed by atoms with Crippen molar-refractivity contribution in [2.75, 3.05) is 39.8 Å². The van der Waals surface area contributed by atoms with Gasteiger partial charge in [-0.1, -0.05) is 91.3 Å². The predicted molar refractivity (Wildman–Crippen MR) is 327 cm³/mol. The van der Waals surface area contributed by atoms with Gasteiger partial charge >= 0.3 is 0 Å². The number of Topliss-reactive ketones (excluding diaryl/α,β-unsaturated/α-hetero) is 2. The molecular formula is C59H81Cl2N11O10. The number of nitrogens with zero attached hydrogens (tertiary/aromatic N) is 3. The number of aromatic hydroxyl groups is 5. The third-order valence-corrected chi connectivity index (χ3v) is 12.1. The average Bonchev–Trinajstić information content (AvgIpc) is 3.88. The minimum absolute atomic E-state index is 0. The second kappa shape index (κ2) is 38.1. The molecule has 6 rings (SSSR count). The Balaban J connectivity index is 0.000000512. The molecule has 82 heavy (non-hydrogen) atoms. The van der Waals surface area contributed by atoms with E-state index in [4.69, 9.17) is 55.8 Å². The molecule has 0 fully saturated rings. The van der Waals surface area contributed by atoms with Crippen molar-refractivity contribution < 1.29 is 49.8 Å². The molecule has 5 aromatic carbocycles. The Morgan fingerprint density at radius 3 is 1.93 bits per heavy atom. The lowest BCUT2D eigenvalue weighted by molar-refractivity contribution is -0.123. The van der Waals surface area contributed by atoms with E-state index in [0.717, 1.165) is 30.5 Å². The Hall–Kier alpha value is -7.73. The maximum Gasteiger partial charge on any atom is 0.269 e. The van der Waals surface area contributed by atoms with Gasteiger partial charge in [0.25, 0.3) is 11.8 Å². The van der Waals surface area contributed by atoms with Crippen molar-refractivity contribution in [1.82, 2.24) is 26.7 Å². The van der Waals surface area contributed by atoms with Gasteiger partial charge in [-0.05, 0) is 145 Å². The number of benzene rings is 5. The van der Waals surface area contributed by atoms with E-state index in [0.29, 0.717) is 57.8 Å². The summed E-state index contributed by atoms with van der Waals surface area (Å²) >= 11 is 11.8. The maximum atomic E-state index is 11.7. The molecule has 5 aromatic rings. The van der Waals surface area contributed by atoms with Gasteiger partial charge in [0, 0.05) is 35.8 Å². The highest BCUT2D eigenvalue weighted by Crippen LogP contribution is 2.37. The number of nitrogens with two attached hydrogens (primary N) is 3. The molecule has 0 spiro atoms. The third-order valence-electron chi connectivity index (χ3n) is 11.5. The number of phenols is 5. The SMILES string of the molecule is C.C/C(N)=N/N=C/c1c(Cl)cccc1Cl.CC(=O)[C@](C)(Cc1ccc(O)c(O)c1)NN.CC1=CC(C(=O)NCCc2ccccc2)=NC1.CNCCc1ccc(C(=O)NC(C)C)cc1.NC(CO)C(=O)CNCc1ccc(O)c(O)c1O. The Bertz CT molecular complexity index is 2920. The number of hydrogen-bond donors (Lipinski definition) is 14. The molecule has 17 N–H and O–H groups in total. The molecule has 0 saturated carbocycles. The van der Waals surface area contributed by atoms with E-state index < -0.39 is 35.4 Å². The second-order valence-corrected chi connectivity index (χ2v) is 19.6. The van der Waals surface area contributed by atoms with Gasteiger partial charge in [-0.2, -0.15) is 5.10 Å². The fraction of sp³-hybridized carbons (Fsp3) is 0.339. The number of amides is 2. The van der Waals surface area contributed by atoms with Crippen LogP contribution < -0.4 is 44.0 Å². The van der Waals surface area contributed by atoms with Crippen molar-refractivity contribution in [3.63, 3.8) is 0 Å². The molecule has 2 amide bonds. The zero-order valence-electron chi connectivity index (χ0n) is 46.6. The number of nitrogens with one attached hydrogen (secondary N) is 5. The van der Waals surface area contributed by atoms with E-state index in [-0.39, 0.29) is 61.4 Å². The van der Waals surface area contributed by atoms with Gasteiger partial charge in [0.2, 0.25) is 5.75 Å². The van der Waals surface area contributed by atoms with Crippen molar-refractivity contribution in [3.8, 4) is 28.7 Å². The van der Waals surface area contributed by atoms with E-state index in [1.807, 2.05) is 76.4 Å². The van der Waals surface area contributed by atoms with Gasteiger partial charge in [-0.15, -0.1) is 5.10 Å². The standard InChI is InChI=1S/C14H16N2O.C13H20N2O.C11H16N2O5.C11H16N2O3.C9H9Cl2N3.CH4/c1-11-9-13(16-10-11)14(17)15-8-7-12-5-3-2-4-6-12;1-10(2)15-13(16)12-6-4-11(5-7-12)8-9-14-3;12-7(5-14)9(16)4-13-3-6-1-2-8(15)11(18)10(6)17;1-7(14)11(2,13-12)6-8-3-4-9(15)10(16)5-8;1-6(12)14-13-5-7-8(10)3-2-4-9(7)11;/h2-6,9H,7-8,10H2,1H3,(H,15,17);4-7,10,14H,8-9H2,1-3H3,(H,15,16);1-2,7,13-15,17-18H,3-5,12H2;3-5,13,15-16H,6,12H2,1-2H3;2-5H,1H3,(H2,12,14);1H4/b;;;;13-5+;/t;;;11-;;/m...0../s1. The van der Waals surface area contributed by atoms with E-state index in [1.165, 1.54) is 48.5 Å². The number of halogens is 2. The number of ketones is 2. The van der Waals surface area contributed by atoms with Crippen LogP contribution in [0.5, 0.6) is 28.7 Å². The van der Waals surface area contributed by atoms with Gasteiger partial charge in [0.05, 0.1) is 47.5 Å². The monoisotopic (exact) mass is 1170 g/mol. The van der Waals surface area contributed by atoms with Crippen molar-refractivity contribution in [3.05, 3.63) is 158 Å². The highest BCUT2D eigenvalue weighted by Gasteiger charge is 2.28. The number of carbonyl (C=O) groups excluding carboxylic acids is 4. The number of aliphatic imine (C=N–C) groups is 1. The minimum Gasteiger partial charge on any atom is -0.504 e. The molecule has 2 atom stereocenters. The molecule has 0 saturated heterocycles. The molecule has 1 aliphatic heterocycles. The maximum absolute atomic E-state index is 11.7. The van der Waals surface area contributed by atoms with Gasteiger partial charge < -0.3 is 63.4 Å². The van der Waals surface area contributed by atoms with Crippen molar-refractivity contribution >= 4 is 64.3 Å². The van der Waals surface area contributed by atoms with Gasteiger partial charge in [-0.3, -0.25) is 30.0 Å². The quantitative estimate of drug-likeness (QED) is 0.0134. The molecular weight excluding hydrogens is 1090 g/mol. The molecule has 0 aromatic heterocycles. The summed E-state index contributed by atoms with van der Waals surface area (Å²) < 4.78 is 0. The number of carbonyl (C=O) groups is 4. The summed E-state index contributed by atoms with van der Waals surface area (Å²) in [5.74, 6) is 3.33. The van der Waals surface area contributed by atoms with Crippen LogP contribution in [0, 0.1) is 0 Å². The van der Waals surface area contributed by atoms with Gasteiger partial charge in [0.15, 0.2) is 34.6 Å². The van der Waals surface area contributed by atoms with E-state index in [9.17, 15) is 34.5 Å². The van der Waals surface area contributed by atoms with Crippen LogP contribution in [0.2, 0.25) is 10.0 Å². The normalized spacial score (nSPS) is 12.6. The number of phenolic OH excluding ortho intramolecular Hbond substituents is 5. The molecule has 21 nitrogen and oxygen atoms in total. The first-order chi connectivity index (χ1) is 38.3. The highest BCUT2D eigenvalue weighted by atomic mass is 35.5. The lowest BCUT2D eigenvalue weighted by atomic mass is 9.90. The first-order valence-electron chi connectivity index (χ1n) is 25.5. The fourth-order valence-electron chi connectivity index (χ4n) is 6.65. The summed E-state index contributed by atoms with van der Waals surface area (Å²) in [6.07, 6.45) is 5.50. The Morgan fingerprint density at radius 2 is 1.39 bits per heavy atom. The Labute approximate surface area is 490 Å². The molecule has 0 radical (unpaired) electrons. The van der Waals surface area contributed by atoms with E-state index in [2.05, 4.69) is 54.0 Å². The predicted octanol–water partition coefficient (Wildman–Crippen LogP) is 5.91. The Kier molecular flexibility index (Phi) is 33.6. The van der Waals surface area contributed by atoms with Crippen LogP contribution in [0.3, 0.4) is 0 Å². The van der Waals surface area contributed by atoms with Crippen LogP contribution in [-0.4, -0.2) is 129 Å². The number of likely N-dealkylation sites (N-methyl/N-ethyl adjacent to an activating group) is 1. The third kappa shape index (κ3) is 26.7. The lowest BCUT2D eigenvalue weighted by Gasteiger charge is -2.25. The minimum atomic E-state index is -0.931. The summed E-state index contributed by atoms with van der Waals surface area (Å²) in [7, 11) is 1.93. The molecule has 0 aliphatic carbocycles. The van der Waals surface area contributed by atoms with Crippen molar-refractivity contribution in [2.45, 2.75) is 92.4 Å². The van der Waals surface area contributed by atoms with Crippen LogP contribution in [0.4, 0.5) is 0 Å². The molecule has 1 aliphatic rings. The summed E-state index contributed by atoms with van der Waals surface area (Å²) in [6, 6.07) is 29.4. The lowest BCUT2D eigenvalue weighted by Crippen LogP contribution is -2.53. The van der Waals surface area contributed by atoms with Crippen LogP contribution in [0.15, 0.2) is 130 Å².